The fourth-order valence-corrected chi connectivity index (χ4v) is 7.70. The average molecular weight is 651 g/mol. The summed E-state index contributed by atoms with van der Waals surface area (Å²) in [4.78, 5) is 0. The van der Waals surface area contributed by atoms with E-state index < -0.39 is 0 Å². The predicted octanol–water partition coefficient (Wildman–Crippen LogP) is 13.1. The second-order valence-corrected chi connectivity index (χ2v) is 17.3. The molecule has 0 amide bonds. The Labute approximate surface area is 290 Å². The third kappa shape index (κ3) is 25.8. The lowest BCUT2D eigenvalue weighted by atomic mass is 9.88. The molecule has 0 aromatic rings. The molecule has 3 heteroatoms. The SMILES string of the molecule is CC1CCCC(C)CCCC(C)CCC(C)CCCC(C)CCCC(C)CCCC(C)CCOC(CO)COCCC(C)CCC1. The van der Waals surface area contributed by atoms with Gasteiger partial charge in [-0.15, -0.1) is 0 Å². The van der Waals surface area contributed by atoms with Gasteiger partial charge in [0.1, 0.15) is 6.10 Å². The van der Waals surface area contributed by atoms with Gasteiger partial charge < -0.3 is 14.6 Å². The van der Waals surface area contributed by atoms with Gasteiger partial charge in [-0.2, -0.15) is 0 Å². The van der Waals surface area contributed by atoms with Gasteiger partial charge in [-0.25, -0.2) is 0 Å². The second-order valence-electron chi connectivity index (χ2n) is 17.3. The largest absolute Gasteiger partial charge is 0.394 e. The van der Waals surface area contributed by atoms with E-state index in [1.54, 1.807) is 0 Å². The minimum Gasteiger partial charge on any atom is -0.394 e. The van der Waals surface area contributed by atoms with E-state index in [4.69, 9.17) is 9.47 Å². The first kappa shape index (κ1) is 43.9. The van der Waals surface area contributed by atoms with Crippen molar-refractivity contribution in [2.75, 3.05) is 26.4 Å². The van der Waals surface area contributed by atoms with Crippen molar-refractivity contribution >= 4 is 0 Å². The number of rotatable bonds is 1. The van der Waals surface area contributed by atoms with Gasteiger partial charge in [-0.05, 0) is 60.2 Å². The van der Waals surface area contributed by atoms with Crippen molar-refractivity contribution in [2.24, 2.45) is 47.3 Å². The molecule has 0 bridgehead atoms. The highest BCUT2D eigenvalue weighted by molar-refractivity contribution is 4.65. The zero-order valence-corrected chi connectivity index (χ0v) is 32.8. The summed E-state index contributed by atoms with van der Waals surface area (Å²) in [5, 5.41) is 9.79. The van der Waals surface area contributed by atoms with Gasteiger partial charge in [0.25, 0.3) is 0 Å². The molecular formula is C43H86O3. The molecule has 3 nitrogen and oxygen atoms in total. The second kappa shape index (κ2) is 28.7. The van der Waals surface area contributed by atoms with Crippen LogP contribution in [0, 0.1) is 47.3 Å². The van der Waals surface area contributed by atoms with E-state index in [2.05, 4.69) is 55.4 Å². The third-order valence-corrected chi connectivity index (χ3v) is 11.7. The molecular weight excluding hydrogens is 564 g/mol. The first-order valence-corrected chi connectivity index (χ1v) is 20.9. The molecule has 1 aliphatic rings. The summed E-state index contributed by atoms with van der Waals surface area (Å²) in [6, 6.07) is 0. The van der Waals surface area contributed by atoms with E-state index in [1.807, 2.05) is 0 Å². The predicted molar refractivity (Wildman–Crippen MR) is 203 cm³/mol. The fourth-order valence-electron chi connectivity index (χ4n) is 7.70. The minimum atomic E-state index is -0.183. The molecule has 1 fully saturated rings. The Morgan fingerprint density at radius 2 is 0.630 bits per heavy atom. The van der Waals surface area contributed by atoms with Gasteiger partial charge in [0.15, 0.2) is 0 Å². The first-order chi connectivity index (χ1) is 22.1. The normalized spacial score (nSPS) is 36.1. The summed E-state index contributed by atoms with van der Waals surface area (Å²) in [6.45, 7) is 21.8. The van der Waals surface area contributed by atoms with Crippen molar-refractivity contribution in [2.45, 2.75) is 203 Å². The molecule has 1 heterocycles. The number of hydrogen-bond acceptors (Lipinski definition) is 3. The van der Waals surface area contributed by atoms with Crippen LogP contribution in [0.3, 0.4) is 0 Å². The molecule has 1 saturated heterocycles. The van der Waals surface area contributed by atoms with Crippen LogP contribution in [0.25, 0.3) is 0 Å². The van der Waals surface area contributed by atoms with Crippen LogP contribution in [-0.2, 0) is 9.47 Å². The zero-order chi connectivity index (χ0) is 34.0. The van der Waals surface area contributed by atoms with E-state index in [-0.39, 0.29) is 12.7 Å². The number of ether oxygens (including phenoxy) is 2. The van der Waals surface area contributed by atoms with Crippen molar-refractivity contribution in [3.63, 3.8) is 0 Å². The summed E-state index contributed by atoms with van der Waals surface area (Å²) in [7, 11) is 0. The number of hydrogen-bond donors (Lipinski definition) is 1. The van der Waals surface area contributed by atoms with Gasteiger partial charge in [-0.1, -0.05) is 184 Å². The lowest BCUT2D eigenvalue weighted by Crippen LogP contribution is -2.25. The Morgan fingerprint density at radius 1 is 0.370 bits per heavy atom. The molecule has 0 saturated carbocycles. The average Bonchev–Trinajstić information content (AvgIpc) is 3.00. The summed E-state index contributed by atoms with van der Waals surface area (Å²) in [6.07, 6.45) is 29.9. The molecule has 0 radical (unpaired) electrons. The smallest absolute Gasteiger partial charge is 0.104 e. The standard InChI is InChI=1S/C43H86O3/c1-35-15-9-17-37(3)21-13-25-41(7)29-31-45-34-43(33-44)46-32-30-42(8)26-14-22-38(4)18-10-16-36(2)20-12-24-40(6)28-27-39(5)23-11-19-35/h35-44H,9-34H2,1-8H3. The van der Waals surface area contributed by atoms with Crippen LogP contribution >= 0.6 is 0 Å². The van der Waals surface area contributed by atoms with Crippen LogP contribution in [0.1, 0.15) is 197 Å². The number of aliphatic hydroxyl groups is 1. The molecule has 276 valence electrons. The van der Waals surface area contributed by atoms with Gasteiger partial charge in [0.2, 0.25) is 0 Å². The molecule has 0 aromatic carbocycles. The van der Waals surface area contributed by atoms with Gasteiger partial charge in [-0.3, -0.25) is 0 Å². The number of aliphatic hydroxyl groups excluding tert-OH is 1. The van der Waals surface area contributed by atoms with Crippen molar-refractivity contribution in [1.82, 2.24) is 0 Å². The maximum Gasteiger partial charge on any atom is 0.104 e. The topological polar surface area (TPSA) is 38.7 Å². The lowest BCUT2D eigenvalue weighted by molar-refractivity contribution is -0.0471. The molecule has 1 aliphatic heterocycles. The summed E-state index contributed by atoms with van der Waals surface area (Å²) in [5.74, 6) is 6.66. The Balaban J connectivity index is 2.46. The Hall–Kier alpha value is -0.120. The van der Waals surface area contributed by atoms with Crippen LogP contribution in [0.2, 0.25) is 0 Å². The minimum absolute atomic E-state index is 0.0507. The van der Waals surface area contributed by atoms with Crippen LogP contribution in [0.4, 0.5) is 0 Å². The van der Waals surface area contributed by atoms with Crippen LogP contribution in [0.15, 0.2) is 0 Å². The molecule has 1 N–H and O–H groups in total. The van der Waals surface area contributed by atoms with Gasteiger partial charge in [0.05, 0.1) is 13.2 Å². The van der Waals surface area contributed by atoms with Crippen LogP contribution in [-0.4, -0.2) is 37.6 Å². The Bertz CT molecular complexity index is 652. The van der Waals surface area contributed by atoms with Crippen molar-refractivity contribution in [3.8, 4) is 0 Å². The Morgan fingerprint density at radius 3 is 0.935 bits per heavy atom. The Kier molecular flexibility index (Phi) is 27.4. The van der Waals surface area contributed by atoms with E-state index in [0.717, 1.165) is 61.6 Å². The van der Waals surface area contributed by atoms with Gasteiger partial charge in [0, 0.05) is 13.2 Å². The van der Waals surface area contributed by atoms with Crippen molar-refractivity contribution in [1.29, 1.82) is 0 Å². The molecule has 0 aromatic heterocycles. The highest BCUT2D eigenvalue weighted by Crippen LogP contribution is 2.27. The highest BCUT2D eigenvalue weighted by atomic mass is 16.5. The molecule has 9 unspecified atom stereocenters. The summed E-state index contributed by atoms with van der Waals surface area (Å²) >= 11 is 0. The summed E-state index contributed by atoms with van der Waals surface area (Å²) < 4.78 is 12.0. The molecule has 9 atom stereocenters. The monoisotopic (exact) mass is 651 g/mol. The van der Waals surface area contributed by atoms with Crippen molar-refractivity contribution in [3.05, 3.63) is 0 Å². The van der Waals surface area contributed by atoms with Crippen LogP contribution < -0.4 is 0 Å². The maximum atomic E-state index is 9.79. The zero-order valence-electron chi connectivity index (χ0n) is 32.8. The third-order valence-electron chi connectivity index (χ3n) is 11.7. The van der Waals surface area contributed by atoms with E-state index in [0.29, 0.717) is 18.4 Å². The molecule has 0 aliphatic carbocycles. The molecule has 0 spiro atoms. The van der Waals surface area contributed by atoms with Crippen molar-refractivity contribution < 1.29 is 14.6 Å². The molecule has 1 rings (SSSR count). The van der Waals surface area contributed by atoms with Gasteiger partial charge >= 0.3 is 0 Å². The quantitative estimate of drug-likeness (QED) is 0.307. The molecule has 46 heavy (non-hydrogen) atoms. The van der Waals surface area contributed by atoms with E-state index in [9.17, 15) is 5.11 Å². The first-order valence-electron chi connectivity index (χ1n) is 20.9. The highest BCUT2D eigenvalue weighted by Gasteiger charge is 2.14. The van der Waals surface area contributed by atoms with Crippen LogP contribution in [0.5, 0.6) is 0 Å². The lowest BCUT2D eigenvalue weighted by Gasteiger charge is -2.19. The van der Waals surface area contributed by atoms with E-state index in [1.165, 1.54) is 128 Å². The maximum absolute atomic E-state index is 9.79. The fraction of sp³-hybridized carbons (Fsp3) is 1.00. The summed E-state index contributed by atoms with van der Waals surface area (Å²) in [5.41, 5.74) is 0. The van der Waals surface area contributed by atoms with E-state index >= 15 is 0 Å².